The van der Waals surface area contributed by atoms with Crippen molar-refractivity contribution in [2.24, 2.45) is 0 Å². The summed E-state index contributed by atoms with van der Waals surface area (Å²) in [7, 11) is 2.10. The van der Waals surface area contributed by atoms with E-state index in [-0.39, 0.29) is 30.4 Å². The predicted octanol–water partition coefficient (Wildman–Crippen LogP) is 3.74. The molecule has 1 fully saturated rings. The third-order valence-electron chi connectivity index (χ3n) is 5.30. The number of hydrogen-bond donors (Lipinski definition) is 1. The van der Waals surface area contributed by atoms with Crippen molar-refractivity contribution in [3.8, 4) is 0 Å². The fraction of sp³-hybridized carbons (Fsp3) is 0.526. The number of rotatable bonds is 2. The van der Waals surface area contributed by atoms with Gasteiger partial charge in [-0.1, -0.05) is 18.6 Å². The molecule has 1 aromatic heterocycles. The summed E-state index contributed by atoms with van der Waals surface area (Å²) in [6, 6.07) is 6.61. The molecule has 6 heteroatoms. The molecule has 1 N–H and O–H groups in total. The molecule has 138 valence electrons. The SMILES string of the molecule is CN1CCCc2c1c1ccc(CN3CCCCC3)cc1[nH]c2=O.Cl.Cl. The standard InChI is InChI=1S/C19H25N3O.2ClH/c1-21-9-5-6-16-18(21)15-8-7-14(12-17(15)20-19(16)23)13-22-10-3-2-4-11-22;;/h7-8,12H,2-6,9-11,13H2,1H3,(H,20,23);2*1H. The number of anilines is 1. The van der Waals surface area contributed by atoms with Crippen molar-refractivity contribution in [3.05, 3.63) is 39.7 Å². The van der Waals surface area contributed by atoms with Gasteiger partial charge in [0.05, 0.1) is 11.2 Å². The Kier molecular flexibility index (Phi) is 6.78. The first-order valence-corrected chi connectivity index (χ1v) is 8.83. The number of nitrogens with zero attached hydrogens (tertiary/aromatic N) is 2. The van der Waals surface area contributed by atoms with Gasteiger partial charge in [-0.15, -0.1) is 24.8 Å². The number of likely N-dealkylation sites (tertiary alicyclic amines) is 1. The number of hydrogen-bond acceptors (Lipinski definition) is 3. The Morgan fingerprint density at radius 3 is 2.56 bits per heavy atom. The zero-order chi connectivity index (χ0) is 15.8. The lowest BCUT2D eigenvalue weighted by atomic mass is 9.99. The summed E-state index contributed by atoms with van der Waals surface area (Å²) in [6.45, 7) is 4.41. The molecule has 0 bridgehead atoms. The fourth-order valence-electron chi connectivity index (χ4n) is 4.12. The molecule has 1 saturated heterocycles. The first kappa shape index (κ1) is 20.1. The number of piperidine rings is 1. The minimum Gasteiger partial charge on any atom is -0.374 e. The zero-order valence-corrected chi connectivity index (χ0v) is 16.3. The molecule has 0 atom stereocenters. The number of halogens is 2. The van der Waals surface area contributed by atoms with Crippen LogP contribution in [0, 0.1) is 0 Å². The van der Waals surface area contributed by atoms with Gasteiger partial charge in [0.25, 0.3) is 5.56 Å². The van der Waals surface area contributed by atoms with E-state index in [1.165, 1.54) is 43.3 Å². The van der Waals surface area contributed by atoms with E-state index in [0.29, 0.717) is 0 Å². The fourth-order valence-corrected chi connectivity index (χ4v) is 4.12. The van der Waals surface area contributed by atoms with Gasteiger partial charge in [-0.3, -0.25) is 9.69 Å². The maximum atomic E-state index is 12.4. The highest BCUT2D eigenvalue weighted by atomic mass is 35.5. The van der Waals surface area contributed by atoms with Crippen molar-refractivity contribution in [2.75, 3.05) is 31.6 Å². The van der Waals surface area contributed by atoms with Crippen LogP contribution in [0.1, 0.15) is 36.8 Å². The number of nitrogens with one attached hydrogen (secondary N) is 1. The predicted molar refractivity (Wildman–Crippen MR) is 110 cm³/mol. The molecule has 2 aliphatic heterocycles. The smallest absolute Gasteiger partial charge is 0.253 e. The number of pyridine rings is 1. The van der Waals surface area contributed by atoms with E-state index in [2.05, 4.69) is 40.0 Å². The Morgan fingerprint density at radius 1 is 1.04 bits per heavy atom. The summed E-state index contributed by atoms with van der Waals surface area (Å²) in [5.41, 5.74) is 4.47. The van der Waals surface area contributed by atoms with Gasteiger partial charge in [-0.25, -0.2) is 0 Å². The average Bonchev–Trinajstić information content (AvgIpc) is 2.56. The Labute approximate surface area is 161 Å². The molecule has 0 saturated carbocycles. The lowest BCUT2D eigenvalue weighted by Crippen LogP contribution is -2.30. The van der Waals surface area contributed by atoms with Gasteiger partial charge in [-0.2, -0.15) is 0 Å². The van der Waals surface area contributed by atoms with Crippen LogP contribution in [0.3, 0.4) is 0 Å². The minimum atomic E-state index is 0. The van der Waals surface area contributed by atoms with E-state index < -0.39 is 0 Å². The van der Waals surface area contributed by atoms with Crippen LogP contribution in [0.4, 0.5) is 5.69 Å². The van der Waals surface area contributed by atoms with Crippen LogP contribution in [0.15, 0.2) is 23.0 Å². The van der Waals surface area contributed by atoms with Crippen LogP contribution in [-0.4, -0.2) is 36.6 Å². The van der Waals surface area contributed by atoms with Crippen LogP contribution in [0.5, 0.6) is 0 Å². The van der Waals surface area contributed by atoms with E-state index >= 15 is 0 Å². The minimum absolute atomic E-state index is 0. The monoisotopic (exact) mass is 383 g/mol. The Balaban J connectivity index is 0.00000113. The normalized spacial score (nSPS) is 17.6. The Bertz CT molecular complexity index is 784. The highest BCUT2D eigenvalue weighted by Crippen LogP contribution is 2.31. The van der Waals surface area contributed by atoms with Crippen molar-refractivity contribution < 1.29 is 0 Å². The molecule has 25 heavy (non-hydrogen) atoms. The maximum absolute atomic E-state index is 12.4. The molecule has 0 radical (unpaired) electrons. The first-order valence-electron chi connectivity index (χ1n) is 8.83. The second-order valence-electron chi connectivity index (χ2n) is 7.02. The van der Waals surface area contributed by atoms with E-state index in [1.807, 2.05) is 0 Å². The van der Waals surface area contributed by atoms with Crippen LogP contribution >= 0.6 is 24.8 Å². The molecule has 0 unspecified atom stereocenters. The van der Waals surface area contributed by atoms with Gasteiger partial charge < -0.3 is 9.88 Å². The summed E-state index contributed by atoms with van der Waals surface area (Å²) in [5, 5.41) is 1.18. The van der Waals surface area contributed by atoms with Crippen molar-refractivity contribution in [1.29, 1.82) is 0 Å². The van der Waals surface area contributed by atoms with Crippen LogP contribution in [0.25, 0.3) is 10.9 Å². The molecule has 0 aliphatic carbocycles. The molecule has 1 aromatic carbocycles. The Morgan fingerprint density at radius 2 is 1.80 bits per heavy atom. The van der Waals surface area contributed by atoms with E-state index in [9.17, 15) is 4.79 Å². The molecule has 2 aromatic rings. The zero-order valence-electron chi connectivity index (χ0n) is 14.7. The molecule has 0 amide bonds. The highest BCUT2D eigenvalue weighted by Gasteiger charge is 2.20. The summed E-state index contributed by atoms with van der Waals surface area (Å²) >= 11 is 0. The maximum Gasteiger partial charge on any atom is 0.253 e. The lowest BCUT2D eigenvalue weighted by Gasteiger charge is -2.29. The molecule has 3 heterocycles. The third kappa shape index (κ3) is 3.97. The third-order valence-corrected chi connectivity index (χ3v) is 5.30. The van der Waals surface area contributed by atoms with Crippen molar-refractivity contribution >= 4 is 41.4 Å². The lowest BCUT2D eigenvalue weighted by molar-refractivity contribution is 0.221. The molecular weight excluding hydrogens is 357 g/mol. The topological polar surface area (TPSA) is 39.3 Å². The largest absolute Gasteiger partial charge is 0.374 e. The second-order valence-corrected chi connectivity index (χ2v) is 7.02. The number of benzene rings is 1. The Hall–Kier alpha value is -1.23. The van der Waals surface area contributed by atoms with Crippen LogP contribution in [0.2, 0.25) is 0 Å². The second kappa shape index (κ2) is 8.43. The average molecular weight is 384 g/mol. The molecule has 4 nitrogen and oxygen atoms in total. The quantitative estimate of drug-likeness (QED) is 0.858. The van der Waals surface area contributed by atoms with Crippen molar-refractivity contribution in [3.63, 3.8) is 0 Å². The van der Waals surface area contributed by atoms with Crippen molar-refractivity contribution in [1.82, 2.24) is 9.88 Å². The number of aromatic amines is 1. The van der Waals surface area contributed by atoms with Crippen LogP contribution < -0.4 is 10.5 Å². The van der Waals surface area contributed by atoms with Gasteiger partial charge in [0.2, 0.25) is 0 Å². The molecule has 2 aliphatic rings. The molecule has 0 spiro atoms. The first-order chi connectivity index (χ1) is 11.2. The van der Waals surface area contributed by atoms with Crippen molar-refractivity contribution in [2.45, 2.75) is 38.6 Å². The van der Waals surface area contributed by atoms with Gasteiger partial charge in [0, 0.05) is 31.1 Å². The van der Waals surface area contributed by atoms with E-state index in [1.54, 1.807) is 0 Å². The summed E-state index contributed by atoms with van der Waals surface area (Å²) in [5.74, 6) is 0. The van der Waals surface area contributed by atoms with Gasteiger partial charge in [-0.05, 0) is 50.4 Å². The number of fused-ring (bicyclic) bond motifs is 3. The number of H-pyrrole nitrogens is 1. The summed E-state index contributed by atoms with van der Waals surface area (Å²) in [4.78, 5) is 20.3. The van der Waals surface area contributed by atoms with Gasteiger partial charge in [0.1, 0.15) is 0 Å². The van der Waals surface area contributed by atoms with E-state index in [4.69, 9.17) is 0 Å². The van der Waals surface area contributed by atoms with E-state index in [0.717, 1.165) is 42.7 Å². The van der Waals surface area contributed by atoms with Gasteiger partial charge >= 0.3 is 0 Å². The van der Waals surface area contributed by atoms with Crippen LogP contribution in [-0.2, 0) is 13.0 Å². The summed E-state index contributed by atoms with van der Waals surface area (Å²) < 4.78 is 0. The summed E-state index contributed by atoms with van der Waals surface area (Å²) in [6.07, 6.45) is 5.93. The number of aromatic nitrogens is 1. The molecular formula is C19H27Cl2N3O. The molecule has 4 rings (SSSR count). The highest BCUT2D eigenvalue weighted by molar-refractivity contribution is 5.93. The van der Waals surface area contributed by atoms with Gasteiger partial charge in [0.15, 0.2) is 0 Å².